The van der Waals surface area contributed by atoms with Gasteiger partial charge in [-0.1, -0.05) is 0 Å². The second-order valence-corrected chi connectivity index (χ2v) is 9.90. The van der Waals surface area contributed by atoms with Crippen LogP contribution in [0.4, 0.5) is 0 Å². The number of aliphatic carboxylic acids is 1. The Kier molecular flexibility index (Phi) is 18.3. The number of unbranched alkanes of at least 4 members (excludes halogenated alkanes) is 1. The highest BCUT2D eigenvalue weighted by molar-refractivity contribution is 5.98. The molecular weight excluding hydrogens is 592 g/mol. The molecule has 0 saturated heterocycles. The molecule has 0 aromatic rings. The van der Waals surface area contributed by atoms with E-state index in [2.05, 4.69) is 21.3 Å². The van der Waals surface area contributed by atoms with Gasteiger partial charge in [-0.2, -0.15) is 0 Å². The van der Waals surface area contributed by atoms with Crippen molar-refractivity contribution < 1.29 is 59.1 Å². The van der Waals surface area contributed by atoms with Gasteiger partial charge in [-0.15, -0.1) is 0 Å². The lowest BCUT2D eigenvalue weighted by molar-refractivity contribution is -0.143. The fourth-order valence-electron chi connectivity index (χ4n) is 3.56. The fraction of sp³-hybridized carbons (Fsp3) is 0.708. The molecule has 0 aliphatic heterocycles. The van der Waals surface area contributed by atoms with Crippen LogP contribution >= 0.6 is 0 Å². The molecule has 0 spiro atoms. The second kappa shape index (κ2) is 20.1. The van der Waals surface area contributed by atoms with Gasteiger partial charge in [0.25, 0.3) is 0 Å². The third-order valence-corrected chi connectivity index (χ3v) is 6.07. The van der Waals surface area contributed by atoms with E-state index >= 15 is 0 Å². The largest absolute Gasteiger partial charge is 0.480 e. The minimum Gasteiger partial charge on any atom is -0.480 e. The van der Waals surface area contributed by atoms with Crippen LogP contribution in [0.5, 0.6) is 0 Å². The van der Waals surface area contributed by atoms with E-state index in [9.17, 15) is 54.0 Å². The number of aliphatic hydroxyl groups is 4. The van der Waals surface area contributed by atoms with Crippen LogP contribution in [0.25, 0.3) is 0 Å². The number of carbonyl (C=O) groups is 7. The van der Waals surface area contributed by atoms with Gasteiger partial charge in [0.2, 0.25) is 35.4 Å². The van der Waals surface area contributed by atoms with E-state index in [0.29, 0.717) is 19.4 Å². The molecule has 0 fully saturated rings. The number of carbonyl (C=O) groups excluding carboxylic acids is 6. The molecule has 8 atom stereocenters. The summed E-state index contributed by atoms with van der Waals surface area (Å²) in [5, 5.41) is 58.6. The van der Waals surface area contributed by atoms with E-state index in [1.807, 2.05) is 5.32 Å². The highest BCUT2D eigenvalue weighted by atomic mass is 16.4. The zero-order valence-corrected chi connectivity index (χ0v) is 24.4. The zero-order chi connectivity index (χ0) is 34.1. The predicted molar refractivity (Wildman–Crippen MR) is 150 cm³/mol. The molecule has 0 unspecified atom stereocenters. The number of aliphatic hydroxyl groups excluding tert-OH is 4. The van der Waals surface area contributed by atoms with Crippen molar-refractivity contribution in [2.24, 2.45) is 17.2 Å². The van der Waals surface area contributed by atoms with E-state index in [-0.39, 0.29) is 6.42 Å². The number of hydrogen-bond donors (Lipinski definition) is 13. The van der Waals surface area contributed by atoms with Crippen LogP contribution in [0.3, 0.4) is 0 Å². The van der Waals surface area contributed by atoms with E-state index in [0.717, 1.165) is 13.8 Å². The van der Waals surface area contributed by atoms with Gasteiger partial charge in [-0.3, -0.25) is 28.8 Å². The number of rotatable bonds is 21. The van der Waals surface area contributed by atoms with Gasteiger partial charge in [0.15, 0.2) is 0 Å². The van der Waals surface area contributed by atoms with Gasteiger partial charge >= 0.3 is 5.97 Å². The Hall–Kier alpha value is -3.95. The molecule has 0 aliphatic rings. The van der Waals surface area contributed by atoms with Crippen molar-refractivity contribution in [2.45, 2.75) is 88.0 Å². The van der Waals surface area contributed by atoms with Crippen LogP contribution in [-0.4, -0.2) is 135 Å². The molecule has 20 heteroatoms. The van der Waals surface area contributed by atoms with Gasteiger partial charge in [0.1, 0.15) is 36.3 Å². The van der Waals surface area contributed by atoms with Crippen LogP contribution in [0.1, 0.15) is 39.5 Å². The molecule has 0 aromatic carbocycles. The maximum Gasteiger partial charge on any atom is 0.326 e. The van der Waals surface area contributed by atoms with E-state index in [1.165, 1.54) is 0 Å². The summed E-state index contributed by atoms with van der Waals surface area (Å²) in [5.74, 6) is -8.21. The molecule has 0 heterocycles. The summed E-state index contributed by atoms with van der Waals surface area (Å²) >= 11 is 0. The quantitative estimate of drug-likeness (QED) is 0.0521. The van der Waals surface area contributed by atoms with Crippen molar-refractivity contribution in [1.29, 1.82) is 0 Å². The van der Waals surface area contributed by atoms with Gasteiger partial charge in [0.05, 0.1) is 31.8 Å². The third-order valence-electron chi connectivity index (χ3n) is 6.07. The number of hydrogen-bond acceptors (Lipinski definition) is 13. The maximum absolute atomic E-state index is 13.0. The lowest BCUT2D eigenvalue weighted by atomic mass is 10.1. The summed E-state index contributed by atoms with van der Waals surface area (Å²) < 4.78 is 0. The Morgan fingerprint density at radius 2 is 1.11 bits per heavy atom. The van der Waals surface area contributed by atoms with Crippen LogP contribution in [0, 0.1) is 0 Å². The molecule has 6 amide bonds. The third kappa shape index (κ3) is 14.0. The van der Waals surface area contributed by atoms with Gasteiger partial charge < -0.3 is 69.3 Å². The smallest absolute Gasteiger partial charge is 0.326 e. The zero-order valence-electron chi connectivity index (χ0n) is 24.4. The average molecular weight is 637 g/mol. The number of amides is 6. The SMILES string of the molecule is C[C@@H](O)[C@H](NC(=O)[C@H](CC(N)=O)NC(=O)[C@H](CO)NC(=O)[C@@H](N)CO)C(=O)N[C@H](C(=O)N[C@@H](CCCCN)C(=O)O)[C@@H](C)O. The standard InChI is InChI=1S/C24H44N8O12/c1-10(35)17(22(41)28-13(24(43)44)5-3-4-6-25)32-23(42)18(11(2)36)31-20(39)14(7-16(27)37)29-21(40)15(9-34)30-19(38)12(26)8-33/h10-15,17-18,33-36H,3-9,25-26H2,1-2H3,(H2,27,37)(H,28,41)(H,29,40)(H,30,38)(H,31,39)(H,32,42)(H,43,44)/t10-,11-,12+,13+,14+,15+,17+,18+/m1/s1. The van der Waals surface area contributed by atoms with Crippen LogP contribution in [0.15, 0.2) is 0 Å². The van der Waals surface area contributed by atoms with Crippen molar-refractivity contribution in [3.63, 3.8) is 0 Å². The molecule has 20 nitrogen and oxygen atoms in total. The van der Waals surface area contributed by atoms with Crippen LogP contribution < -0.4 is 43.8 Å². The Morgan fingerprint density at radius 3 is 1.55 bits per heavy atom. The number of carboxylic acid groups (broad SMARTS) is 1. The first-order chi connectivity index (χ1) is 20.5. The first kappa shape index (κ1) is 40.1. The van der Waals surface area contributed by atoms with Crippen LogP contribution in [-0.2, 0) is 33.6 Å². The minimum atomic E-state index is -1.85. The van der Waals surface area contributed by atoms with Crippen molar-refractivity contribution in [1.82, 2.24) is 26.6 Å². The first-order valence-corrected chi connectivity index (χ1v) is 13.6. The topological polar surface area (TPSA) is 359 Å². The van der Waals surface area contributed by atoms with Gasteiger partial charge in [0, 0.05) is 0 Å². The monoisotopic (exact) mass is 636 g/mol. The number of carboxylic acids is 1. The molecule has 0 bridgehead atoms. The summed E-state index contributed by atoms with van der Waals surface area (Å²) in [5.41, 5.74) is 15.9. The fourth-order valence-corrected chi connectivity index (χ4v) is 3.56. The summed E-state index contributed by atoms with van der Waals surface area (Å²) in [7, 11) is 0. The normalized spacial score (nSPS) is 16.5. The Morgan fingerprint density at radius 1 is 0.659 bits per heavy atom. The molecule has 0 aliphatic carbocycles. The first-order valence-electron chi connectivity index (χ1n) is 13.6. The molecule has 0 radical (unpaired) electrons. The summed E-state index contributed by atoms with van der Waals surface area (Å²) in [6, 6.07) is -9.88. The minimum absolute atomic E-state index is 0.00708. The highest BCUT2D eigenvalue weighted by Gasteiger charge is 2.36. The van der Waals surface area contributed by atoms with Crippen LogP contribution in [0.2, 0.25) is 0 Å². The molecule has 44 heavy (non-hydrogen) atoms. The van der Waals surface area contributed by atoms with E-state index < -0.39 is 110 Å². The van der Waals surface area contributed by atoms with E-state index in [4.69, 9.17) is 22.3 Å². The van der Waals surface area contributed by atoms with E-state index in [1.54, 1.807) is 0 Å². The Balaban J connectivity index is 5.79. The van der Waals surface area contributed by atoms with Gasteiger partial charge in [-0.25, -0.2) is 4.79 Å². The molecule has 0 saturated carbocycles. The maximum atomic E-state index is 13.0. The van der Waals surface area contributed by atoms with Crippen molar-refractivity contribution in [2.75, 3.05) is 19.8 Å². The highest BCUT2D eigenvalue weighted by Crippen LogP contribution is 2.05. The molecule has 0 aromatic heterocycles. The number of nitrogens with one attached hydrogen (secondary N) is 5. The Labute approximate surface area is 252 Å². The predicted octanol–water partition coefficient (Wildman–Crippen LogP) is -7.43. The summed E-state index contributed by atoms with van der Waals surface area (Å²) in [6.45, 7) is 0.711. The number of nitrogens with two attached hydrogens (primary N) is 3. The Bertz CT molecular complexity index is 1010. The van der Waals surface area contributed by atoms with Crippen molar-refractivity contribution >= 4 is 41.4 Å². The summed E-state index contributed by atoms with van der Waals surface area (Å²) in [6.07, 6.45) is -3.22. The second-order valence-electron chi connectivity index (χ2n) is 9.90. The van der Waals surface area contributed by atoms with Gasteiger partial charge in [-0.05, 0) is 39.7 Å². The molecule has 16 N–H and O–H groups in total. The summed E-state index contributed by atoms with van der Waals surface area (Å²) in [4.78, 5) is 86.4. The van der Waals surface area contributed by atoms with Crippen molar-refractivity contribution in [3.8, 4) is 0 Å². The molecule has 0 rings (SSSR count). The average Bonchev–Trinajstić information content (AvgIpc) is 2.94. The lowest BCUT2D eigenvalue weighted by Gasteiger charge is -2.28. The molecule has 252 valence electrons. The van der Waals surface area contributed by atoms with Crippen molar-refractivity contribution in [3.05, 3.63) is 0 Å². The molecular formula is C24H44N8O12. The number of primary amides is 1. The lowest BCUT2D eigenvalue weighted by Crippen LogP contribution is -2.63.